The van der Waals surface area contributed by atoms with E-state index in [9.17, 15) is 4.79 Å². The summed E-state index contributed by atoms with van der Waals surface area (Å²) >= 11 is 19.0. The minimum Gasteiger partial charge on any atom is -0.351 e. The number of amides is 1. The van der Waals surface area contributed by atoms with Gasteiger partial charge in [0.15, 0.2) is 5.69 Å². The summed E-state index contributed by atoms with van der Waals surface area (Å²) < 4.78 is 1.78. The fraction of sp³-hybridized carbons (Fsp3) is 0.500. The summed E-state index contributed by atoms with van der Waals surface area (Å²) in [5.41, 5.74) is 3.76. The quantitative estimate of drug-likeness (QED) is 0.268. The van der Waals surface area contributed by atoms with Gasteiger partial charge < -0.3 is 5.32 Å². The number of hydrogen-bond donors (Lipinski definition) is 1. The molecule has 7 heteroatoms. The first-order valence-corrected chi connectivity index (χ1v) is 15.5. The maximum Gasteiger partial charge on any atom is 0.272 e. The van der Waals surface area contributed by atoms with Gasteiger partial charge in [-0.2, -0.15) is 5.10 Å². The summed E-state index contributed by atoms with van der Waals surface area (Å²) in [4.78, 5) is 13.6. The molecule has 4 fully saturated rings. The Morgan fingerprint density at radius 3 is 2.21 bits per heavy atom. The number of halogens is 3. The minimum atomic E-state index is -0.136. The Bertz CT molecular complexity index is 1340. The van der Waals surface area contributed by atoms with Gasteiger partial charge in [-0.25, -0.2) is 4.68 Å². The van der Waals surface area contributed by atoms with Crippen LogP contribution in [0.25, 0.3) is 16.9 Å². The van der Waals surface area contributed by atoms with Crippen molar-refractivity contribution in [2.75, 3.05) is 6.54 Å². The van der Waals surface area contributed by atoms with Crippen LogP contribution in [0, 0.1) is 29.6 Å². The molecule has 4 aliphatic carbocycles. The van der Waals surface area contributed by atoms with Crippen LogP contribution >= 0.6 is 34.8 Å². The normalized spacial score (nSPS) is 25.4. The Hall–Kier alpha value is -2.01. The second kappa shape index (κ2) is 11.1. The molecule has 1 amide bonds. The van der Waals surface area contributed by atoms with E-state index in [0.717, 1.165) is 52.8 Å². The largest absolute Gasteiger partial charge is 0.351 e. The lowest BCUT2D eigenvalue weighted by atomic mass is 9.51. The molecule has 1 aromatic heterocycles. The highest BCUT2D eigenvalue weighted by Crippen LogP contribution is 2.57. The van der Waals surface area contributed by atoms with Crippen LogP contribution in [-0.4, -0.2) is 22.2 Å². The SMILES string of the molecule is CC(C)c1c(C(=O)NCCCC2C3CC4CC(C3)CC2C4)nn(-c2ccc(Cl)cc2Cl)c1-c1ccc(Cl)cc1. The highest BCUT2D eigenvalue weighted by Gasteiger charge is 2.47. The van der Waals surface area contributed by atoms with Gasteiger partial charge in [0.25, 0.3) is 5.91 Å². The molecule has 0 aliphatic heterocycles. The fourth-order valence-corrected chi connectivity index (χ4v) is 8.60. The van der Waals surface area contributed by atoms with Crippen LogP contribution in [0.2, 0.25) is 15.1 Å². The molecule has 0 spiro atoms. The standard InChI is InChI=1S/C32H36Cl3N3O/c1-18(2)29-30(32(39)36-11-3-4-26-22-13-19-12-20(15-22)16-23(26)14-19)37-38(28-10-9-25(34)17-27(28)35)31(29)21-5-7-24(33)8-6-21/h5-10,17-20,22-23,26H,3-4,11-16H2,1-2H3,(H,36,39). The van der Waals surface area contributed by atoms with E-state index in [-0.39, 0.29) is 11.8 Å². The van der Waals surface area contributed by atoms with Gasteiger partial charge in [0.2, 0.25) is 0 Å². The predicted molar refractivity (Wildman–Crippen MR) is 160 cm³/mol. The van der Waals surface area contributed by atoms with Crippen LogP contribution in [0.15, 0.2) is 42.5 Å². The van der Waals surface area contributed by atoms with Crippen LogP contribution in [0.3, 0.4) is 0 Å². The molecule has 4 nitrogen and oxygen atoms in total. The molecule has 0 atom stereocenters. The molecular weight excluding hydrogens is 549 g/mol. The third-order valence-electron chi connectivity index (χ3n) is 9.39. The van der Waals surface area contributed by atoms with Crippen molar-refractivity contribution in [3.8, 4) is 16.9 Å². The maximum atomic E-state index is 13.6. The number of nitrogens with zero attached hydrogens (tertiary/aromatic N) is 2. The van der Waals surface area contributed by atoms with Gasteiger partial charge >= 0.3 is 0 Å². The number of rotatable bonds is 8. The number of aromatic nitrogens is 2. The first kappa shape index (κ1) is 27.2. The Morgan fingerprint density at radius 2 is 1.59 bits per heavy atom. The molecule has 0 unspecified atom stereocenters. The lowest BCUT2D eigenvalue weighted by molar-refractivity contribution is -0.0401. The van der Waals surface area contributed by atoms with Gasteiger partial charge in [-0.1, -0.05) is 60.8 Å². The zero-order chi connectivity index (χ0) is 27.3. The van der Waals surface area contributed by atoms with E-state index in [2.05, 4.69) is 19.2 Å². The molecule has 0 radical (unpaired) electrons. The Labute approximate surface area is 246 Å². The Kier molecular flexibility index (Phi) is 7.74. The smallest absolute Gasteiger partial charge is 0.272 e. The lowest BCUT2D eigenvalue weighted by Gasteiger charge is -2.54. The molecule has 4 bridgehead atoms. The van der Waals surface area contributed by atoms with Crippen molar-refractivity contribution in [1.82, 2.24) is 15.1 Å². The summed E-state index contributed by atoms with van der Waals surface area (Å²) in [7, 11) is 0. The first-order valence-electron chi connectivity index (χ1n) is 14.4. The third kappa shape index (κ3) is 5.37. The van der Waals surface area contributed by atoms with E-state index in [0.29, 0.717) is 33.0 Å². The maximum absolute atomic E-state index is 13.6. The van der Waals surface area contributed by atoms with E-state index in [1.54, 1.807) is 16.8 Å². The minimum absolute atomic E-state index is 0.0595. The lowest BCUT2D eigenvalue weighted by Crippen LogP contribution is -2.45. The molecule has 1 heterocycles. The van der Waals surface area contributed by atoms with Crippen LogP contribution in [-0.2, 0) is 0 Å². The molecule has 3 aromatic rings. The van der Waals surface area contributed by atoms with E-state index < -0.39 is 0 Å². The van der Waals surface area contributed by atoms with Crippen LogP contribution in [0.5, 0.6) is 0 Å². The van der Waals surface area contributed by atoms with E-state index in [1.165, 1.54) is 38.5 Å². The van der Waals surface area contributed by atoms with Crippen molar-refractivity contribution in [2.24, 2.45) is 29.6 Å². The molecule has 206 valence electrons. The van der Waals surface area contributed by atoms with Crippen LogP contribution in [0.4, 0.5) is 0 Å². The molecular formula is C32H36Cl3N3O. The Balaban J connectivity index is 1.24. The Morgan fingerprint density at radius 1 is 0.949 bits per heavy atom. The highest BCUT2D eigenvalue weighted by atomic mass is 35.5. The first-order chi connectivity index (χ1) is 18.8. The fourth-order valence-electron chi connectivity index (χ4n) is 7.99. The van der Waals surface area contributed by atoms with Crippen molar-refractivity contribution in [3.63, 3.8) is 0 Å². The van der Waals surface area contributed by atoms with E-state index in [4.69, 9.17) is 39.9 Å². The third-order valence-corrected chi connectivity index (χ3v) is 10.2. The average Bonchev–Trinajstić information content (AvgIpc) is 3.28. The summed E-state index contributed by atoms with van der Waals surface area (Å²) in [5.74, 6) is 4.61. The number of carbonyl (C=O) groups excluding carboxylic acids is 1. The molecule has 1 N–H and O–H groups in total. The summed E-state index contributed by atoms with van der Waals surface area (Å²) in [6.45, 7) is 4.85. The van der Waals surface area contributed by atoms with Gasteiger partial charge in [0.1, 0.15) is 0 Å². The topological polar surface area (TPSA) is 46.9 Å². The zero-order valence-electron chi connectivity index (χ0n) is 22.6. The van der Waals surface area contributed by atoms with Gasteiger partial charge in [0.05, 0.1) is 16.4 Å². The molecule has 2 aromatic carbocycles. The summed E-state index contributed by atoms with van der Waals surface area (Å²) in [6, 6.07) is 12.9. The van der Waals surface area contributed by atoms with Gasteiger partial charge in [0, 0.05) is 27.7 Å². The van der Waals surface area contributed by atoms with Crippen molar-refractivity contribution >= 4 is 40.7 Å². The molecule has 39 heavy (non-hydrogen) atoms. The molecule has 4 saturated carbocycles. The van der Waals surface area contributed by atoms with Crippen LogP contribution < -0.4 is 5.32 Å². The van der Waals surface area contributed by atoms with E-state index >= 15 is 0 Å². The number of nitrogens with one attached hydrogen (secondary N) is 1. The van der Waals surface area contributed by atoms with E-state index in [1.807, 2.05) is 30.3 Å². The number of hydrogen-bond acceptors (Lipinski definition) is 2. The number of benzene rings is 2. The van der Waals surface area contributed by atoms with Gasteiger partial charge in [-0.05, 0) is 111 Å². The van der Waals surface area contributed by atoms with Gasteiger partial charge in [-0.3, -0.25) is 4.79 Å². The zero-order valence-corrected chi connectivity index (χ0v) is 24.9. The number of carbonyl (C=O) groups is 1. The summed E-state index contributed by atoms with van der Waals surface area (Å²) in [6.07, 6.45) is 9.50. The monoisotopic (exact) mass is 583 g/mol. The second-order valence-corrected chi connectivity index (χ2v) is 13.6. The molecule has 0 saturated heterocycles. The van der Waals surface area contributed by atoms with Crippen LogP contribution in [0.1, 0.15) is 80.8 Å². The second-order valence-electron chi connectivity index (χ2n) is 12.3. The van der Waals surface area contributed by atoms with Crippen molar-refractivity contribution in [2.45, 2.75) is 64.7 Å². The molecule has 4 aliphatic rings. The highest BCUT2D eigenvalue weighted by molar-refractivity contribution is 6.35. The van der Waals surface area contributed by atoms with Crippen molar-refractivity contribution in [1.29, 1.82) is 0 Å². The van der Waals surface area contributed by atoms with Crippen molar-refractivity contribution in [3.05, 3.63) is 68.8 Å². The van der Waals surface area contributed by atoms with Crippen molar-refractivity contribution < 1.29 is 4.79 Å². The predicted octanol–water partition coefficient (Wildman–Crippen LogP) is 9.21. The van der Waals surface area contributed by atoms with Gasteiger partial charge in [-0.15, -0.1) is 0 Å². The average molecular weight is 585 g/mol. The summed E-state index contributed by atoms with van der Waals surface area (Å²) in [5, 5.41) is 9.73. The molecule has 7 rings (SSSR count).